The largest absolute Gasteiger partial charge is 0.493 e. The maximum Gasteiger partial charge on any atom is 0.289 e. The number of amides is 1. The number of carbonyl (C=O) groups is 1. The highest BCUT2D eigenvalue weighted by Crippen LogP contribution is 2.28. The lowest BCUT2D eigenvalue weighted by molar-refractivity contribution is 0.0760. The third kappa shape index (κ3) is 7.40. The summed E-state index contributed by atoms with van der Waals surface area (Å²) in [5.74, 6) is 2.28. The second-order valence-corrected chi connectivity index (χ2v) is 9.63. The molecule has 0 fully saturated rings. The van der Waals surface area contributed by atoms with Crippen molar-refractivity contribution in [3.8, 4) is 11.5 Å². The highest BCUT2D eigenvalue weighted by Gasteiger charge is 2.18. The Bertz CT molecular complexity index is 1320. The number of carbonyl (C=O) groups excluding carboxylic acids is 1. The molecule has 7 heteroatoms. The molecule has 6 nitrogen and oxygen atoms in total. The molecule has 38 heavy (non-hydrogen) atoms. The Hall–Kier alpha value is -3.74. The third-order valence-corrected chi connectivity index (χ3v) is 6.60. The van der Waals surface area contributed by atoms with E-state index in [0.717, 1.165) is 30.0 Å². The van der Waals surface area contributed by atoms with E-state index in [4.69, 9.17) is 25.5 Å². The third-order valence-electron chi connectivity index (χ3n) is 6.35. The zero-order valence-electron chi connectivity index (χ0n) is 22.0. The summed E-state index contributed by atoms with van der Waals surface area (Å²) in [4.78, 5) is 17.0. The number of halogens is 1. The van der Waals surface area contributed by atoms with E-state index in [1.54, 1.807) is 32.2 Å². The molecule has 0 unspecified atom stereocenters. The van der Waals surface area contributed by atoms with Crippen LogP contribution in [0.3, 0.4) is 0 Å². The summed E-state index contributed by atoms with van der Waals surface area (Å²) < 4.78 is 16.7. The Labute approximate surface area is 229 Å². The van der Waals surface area contributed by atoms with Crippen LogP contribution in [0.4, 0.5) is 0 Å². The molecule has 0 aliphatic rings. The Balaban J connectivity index is 1.40. The summed E-state index contributed by atoms with van der Waals surface area (Å²) in [6, 6.07) is 27.6. The molecule has 1 aromatic heterocycles. The molecule has 1 amide bonds. The van der Waals surface area contributed by atoms with Gasteiger partial charge < -0.3 is 18.8 Å². The lowest BCUT2D eigenvalue weighted by Gasteiger charge is -2.22. The van der Waals surface area contributed by atoms with Crippen molar-refractivity contribution in [1.82, 2.24) is 9.80 Å². The molecule has 0 saturated carbocycles. The van der Waals surface area contributed by atoms with Gasteiger partial charge in [0.25, 0.3) is 5.91 Å². The topological polar surface area (TPSA) is 55.2 Å². The predicted molar refractivity (Wildman–Crippen MR) is 150 cm³/mol. The summed E-state index contributed by atoms with van der Waals surface area (Å²) >= 11 is 6.07. The van der Waals surface area contributed by atoms with Crippen molar-refractivity contribution in [2.24, 2.45) is 0 Å². The molecule has 0 radical (unpaired) electrons. The Morgan fingerprint density at radius 3 is 2.13 bits per heavy atom. The van der Waals surface area contributed by atoms with E-state index in [1.807, 2.05) is 66.7 Å². The summed E-state index contributed by atoms with van der Waals surface area (Å²) in [5, 5.41) is 0.716. The van der Waals surface area contributed by atoms with Crippen molar-refractivity contribution in [1.29, 1.82) is 0 Å². The fourth-order valence-corrected chi connectivity index (χ4v) is 4.40. The maximum absolute atomic E-state index is 13.1. The summed E-state index contributed by atoms with van der Waals surface area (Å²) in [6.07, 6.45) is 0.683. The van der Waals surface area contributed by atoms with Gasteiger partial charge >= 0.3 is 0 Å². The fourth-order valence-electron chi connectivity index (χ4n) is 4.28. The van der Waals surface area contributed by atoms with Crippen LogP contribution in [-0.2, 0) is 26.1 Å². The summed E-state index contributed by atoms with van der Waals surface area (Å²) in [7, 11) is 5.01. The smallest absolute Gasteiger partial charge is 0.289 e. The van der Waals surface area contributed by atoms with Gasteiger partial charge in [-0.1, -0.05) is 60.1 Å². The second kappa shape index (κ2) is 13.2. The molecule has 3 aromatic carbocycles. The Morgan fingerprint density at radius 1 is 0.789 bits per heavy atom. The molecule has 198 valence electrons. The quantitative estimate of drug-likeness (QED) is 0.209. The lowest BCUT2D eigenvalue weighted by Crippen LogP contribution is -2.28. The van der Waals surface area contributed by atoms with Crippen molar-refractivity contribution < 1.29 is 18.7 Å². The lowest BCUT2D eigenvalue weighted by atomic mass is 10.1. The molecule has 0 saturated heterocycles. The highest BCUT2D eigenvalue weighted by atomic mass is 35.5. The number of hydrogen-bond acceptors (Lipinski definition) is 5. The molecule has 0 atom stereocenters. The molecule has 0 bridgehead atoms. The Kier molecular flexibility index (Phi) is 9.46. The molecular weight excluding hydrogens is 500 g/mol. The van der Waals surface area contributed by atoms with Crippen LogP contribution >= 0.6 is 11.6 Å². The van der Waals surface area contributed by atoms with Crippen LogP contribution in [0.25, 0.3) is 0 Å². The van der Waals surface area contributed by atoms with Crippen LogP contribution in [0.5, 0.6) is 11.5 Å². The number of nitrogens with zero attached hydrogens (tertiary/aromatic N) is 2. The average molecular weight is 533 g/mol. The van der Waals surface area contributed by atoms with Gasteiger partial charge in [0.1, 0.15) is 5.76 Å². The van der Waals surface area contributed by atoms with Crippen LogP contribution in [0.1, 0.15) is 33.0 Å². The van der Waals surface area contributed by atoms with E-state index in [9.17, 15) is 4.79 Å². The fraction of sp³-hybridized carbons (Fsp3) is 0.258. The number of methoxy groups -OCH3 is 2. The standard InChI is InChI=1S/C31H33ClN2O4/c1-33(18-17-23-11-15-28(36-2)30(19-23)37-3)31(35)29-16-14-27(38-29)22-34(20-24-7-5-4-6-8-24)21-25-9-12-26(32)13-10-25/h4-16,19H,17-18,20-22H2,1-3H3. The second-order valence-electron chi connectivity index (χ2n) is 9.19. The summed E-state index contributed by atoms with van der Waals surface area (Å²) in [5.41, 5.74) is 3.42. The zero-order chi connectivity index (χ0) is 26.9. The number of hydrogen-bond donors (Lipinski definition) is 0. The number of furan rings is 1. The molecule has 0 aliphatic heterocycles. The molecule has 0 spiro atoms. The van der Waals surface area contributed by atoms with Gasteiger partial charge in [-0.2, -0.15) is 0 Å². The van der Waals surface area contributed by atoms with Crippen LogP contribution in [0.15, 0.2) is 89.3 Å². The Morgan fingerprint density at radius 2 is 1.45 bits per heavy atom. The first-order valence-corrected chi connectivity index (χ1v) is 12.9. The minimum atomic E-state index is -0.149. The van der Waals surface area contributed by atoms with Gasteiger partial charge in [0.05, 0.1) is 20.8 Å². The number of benzene rings is 3. The van der Waals surface area contributed by atoms with E-state index < -0.39 is 0 Å². The van der Waals surface area contributed by atoms with Crippen molar-refractivity contribution in [3.05, 3.63) is 118 Å². The first-order chi connectivity index (χ1) is 18.4. The van der Waals surface area contributed by atoms with Crippen molar-refractivity contribution >= 4 is 17.5 Å². The first-order valence-electron chi connectivity index (χ1n) is 12.5. The van der Waals surface area contributed by atoms with Gasteiger partial charge in [-0.15, -0.1) is 0 Å². The summed E-state index contributed by atoms with van der Waals surface area (Å²) in [6.45, 7) is 2.58. The van der Waals surface area contributed by atoms with Crippen molar-refractivity contribution in [3.63, 3.8) is 0 Å². The van der Waals surface area contributed by atoms with E-state index >= 15 is 0 Å². The van der Waals surface area contributed by atoms with Gasteiger partial charge in [0, 0.05) is 31.7 Å². The monoisotopic (exact) mass is 532 g/mol. The van der Waals surface area contributed by atoms with E-state index in [2.05, 4.69) is 17.0 Å². The maximum atomic E-state index is 13.1. The van der Waals surface area contributed by atoms with Crippen LogP contribution in [0, 0.1) is 0 Å². The van der Waals surface area contributed by atoms with Crippen LogP contribution in [0.2, 0.25) is 5.02 Å². The molecule has 0 aliphatic carbocycles. The number of ether oxygens (including phenoxy) is 2. The van der Waals surface area contributed by atoms with Crippen LogP contribution in [-0.4, -0.2) is 43.5 Å². The molecule has 4 aromatic rings. The SMILES string of the molecule is COc1ccc(CCN(C)C(=O)c2ccc(CN(Cc3ccccc3)Cc3ccc(Cl)cc3)o2)cc1OC. The first kappa shape index (κ1) is 27.3. The predicted octanol–water partition coefficient (Wildman–Crippen LogP) is 6.47. The molecular formula is C31H33ClN2O4. The minimum Gasteiger partial charge on any atom is -0.493 e. The van der Waals surface area contributed by atoms with E-state index in [1.165, 1.54) is 5.56 Å². The average Bonchev–Trinajstić information content (AvgIpc) is 3.41. The molecule has 4 rings (SSSR count). The molecule has 0 N–H and O–H groups in total. The number of likely N-dealkylation sites (N-methyl/N-ethyl adjacent to an activating group) is 1. The van der Waals surface area contributed by atoms with E-state index in [0.29, 0.717) is 41.8 Å². The van der Waals surface area contributed by atoms with Gasteiger partial charge in [-0.05, 0) is 59.5 Å². The van der Waals surface area contributed by atoms with Crippen molar-refractivity contribution in [2.75, 3.05) is 27.8 Å². The van der Waals surface area contributed by atoms with Crippen LogP contribution < -0.4 is 9.47 Å². The molecule has 1 heterocycles. The highest BCUT2D eigenvalue weighted by molar-refractivity contribution is 6.30. The van der Waals surface area contributed by atoms with Gasteiger partial charge in [-0.3, -0.25) is 9.69 Å². The van der Waals surface area contributed by atoms with E-state index in [-0.39, 0.29) is 5.91 Å². The minimum absolute atomic E-state index is 0.149. The van der Waals surface area contributed by atoms with Gasteiger partial charge in [-0.25, -0.2) is 0 Å². The van der Waals surface area contributed by atoms with Gasteiger partial charge in [0.15, 0.2) is 17.3 Å². The zero-order valence-corrected chi connectivity index (χ0v) is 22.8. The van der Waals surface area contributed by atoms with Crippen molar-refractivity contribution in [2.45, 2.75) is 26.1 Å². The number of rotatable bonds is 12. The normalized spacial score (nSPS) is 11.0. The van der Waals surface area contributed by atoms with Gasteiger partial charge in [0.2, 0.25) is 0 Å².